The van der Waals surface area contributed by atoms with Crippen LogP contribution in [0, 0.1) is 5.92 Å². The molecule has 0 saturated carbocycles. The number of amides is 2. The van der Waals surface area contributed by atoms with Crippen LogP contribution in [0.3, 0.4) is 0 Å². The first-order valence-corrected chi connectivity index (χ1v) is 9.42. The summed E-state index contributed by atoms with van der Waals surface area (Å²) in [5.74, 6) is -0.395. The lowest BCUT2D eigenvalue weighted by Crippen LogP contribution is -2.43. The van der Waals surface area contributed by atoms with Crippen molar-refractivity contribution in [2.45, 2.75) is 12.8 Å². The number of hydrogen-bond donors (Lipinski definition) is 1. The maximum atomic E-state index is 12.8. The van der Waals surface area contributed by atoms with Gasteiger partial charge in [-0.05, 0) is 47.5 Å². The van der Waals surface area contributed by atoms with Gasteiger partial charge in [0.15, 0.2) is 5.13 Å². The predicted octanol–water partition coefficient (Wildman–Crippen LogP) is 1.61. The zero-order valence-electron chi connectivity index (χ0n) is 14.4. The van der Waals surface area contributed by atoms with E-state index in [2.05, 4.69) is 25.8 Å². The predicted molar refractivity (Wildman–Crippen MR) is 98.5 cm³/mol. The van der Waals surface area contributed by atoms with Crippen LogP contribution in [0.2, 0.25) is 0 Å². The molecule has 0 radical (unpaired) electrons. The molecular weight excluding hydrogens is 366 g/mol. The standard InChI is InChI=1S/C17H17N7O2S/c25-15(20-17-18-7-9-27-17)13-2-1-8-23(10-13)16(26)12-3-5-14(6-4-12)24-11-19-21-22-24/h3-7,9,11,13H,1-2,8,10H2,(H,18,20,25). The summed E-state index contributed by atoms with van der Waals surface area (Å²) in [4.78, 5) is 31.1. The lowest BCUT2D eigenvalue weighted by molar-refractivity contribution is -0.121. The smallest absolute Gasteiger partial charge is 0.253 e. The van der Waals surface area contributed by atoms with Gasteiger partial charge in [0.2, 0.25) is 5.91 Å². The Balaban J connectivity index is 1.41. The van der Waals surface area contributed by atoms with Gasteiger partial charge in [-0.3, -0.25) is 9.59 Å². The summed E-state index contributed by atoms with van der Waals surface area (Å²) in [5, 5.41) is 16.2. The minimum absolute atomic E-state index is 0.0787. The Morgan fingerprint density at radius 2 is 2.07 bits per heavy atom. The Kier molecular flexibility index (Phi) is 4.88. The van der Waals surface area contributed by atoms with Crippen molar-refractivity contribution in [1.82, 2.24) is 30.1 Å². The van der Waals surface area contributed by atoms with Crippen molar-refractivity contribution >= 4 is 28.3 Å². The van der Waals surface area contributed by atoms with E-state index in [0.717, 1.165) is 18.5 Å². The number of likely N-dealkylation sites (tertiary alicyclic amines) is 1. The Morgan fingerprint density at radius 1 is 1.22 bits per heavy atom. The Bertz CT molecular complexity index is 909. The quantitative estimate of drug-likeness (QED) is 0.734. The minimum Gasteiger partial charge on any atom is -0.338 e. The third-order valence-corrected chi connectivity index (χ3v) is 5.16. The van der Waals surface area contributed by atoms with Gasteiger partial charge < -0.3 is 10.2 Å². The number of nitrogens with one attached hydrogen (secondary N) is 1. The zero-order chi connectivity index (χ0) is 18.6. The number of aromatic nitrogens is 5. The summed E-state index contributed by atoms with van der Waals surface area (Å²) >= 11 is 1.38. The molecule has 1 unspecified atom stereocenters. The highest BCUT2D eigenvalue weighted by molar-refractivity contribution is 7.13. The topological polar surface area (TPSA) is 106 Å². The molecule has 0 bridgehead atoms. The highest BCUT2D eigenvalue weighted by Gasteiger charge is 2.29. The summed E-state index contributed by atoms with van der Waals surface area (Å²) in [6.45, 7) is 1.05. The Morgan fingerprint density at radius 3 is 2.78 bits per heavy atom. The van der Waals surface area contributed by atoms with E-state index in [9.17, 15) is 9.59 Å². The maximum Gasteiger partial charge on any atom is 0.253 e. The number of nitrogens with zero attached hydrogens (tertiary/aromatic N) is 6. The molecule has 9 nitrogen and oxygen atoms in total. The van der Waals surface area contributed by atoms with Gasteiger partial charge in [-0.15, -0.1) is 16.4 Å². The van der Waals surface area contributed by atoms with Crippen LogP contribution in [-0.4, -0.2) is 55.0 Å². The second-order valence-corrected chi connectivity index (χ2v) is 7.11. The average Bonchev–Trinajstić information content (AvgIpc) is 3.42. The molecule has 0 spiro atoms. The van der Waals surface area contributed by atoms with E-state index in [1.54, 1.807) is 35.4 Å². The van der Waals surface area contributed by atoms with Gasteiger partial charge in [0.05, 0.1) is 11.6 Å². The van der Waals surface area contributed by atoms with Crippen LogP contribution in [0.25, 0.3) is 5.69 Å². The van der Waals surface area contributed by atoms with Crippen molar-refractivity contribution in [1.29, 1.82) is 0 Å². The summed E-state index contributed by atoms with van der Waals surface area (Å²) in [5.41, 5.74) is 1.35. The fraction of sp³-hybridized carbons (Fsp3) is 0.294. The molecule has 1 aliphatic heterocycles. The number of thiazole rings is 1. The summed E-state index contributed by atoms with van der Waals surface area (Å²) in [7, 11) is 0. The number of anilines is 1. The van der Waals surface area contributed by atoms with Crippen LogP contribution < -0.4 is 5.32 Å². The van der Waals surface area contributed by atoms with Gasteiger partial charge in [-0.2, -0.15) is 0 Å². The van der Waals surface area contributed by atoms with E-state index in [4.69, 9.17) is 0 Å². The van der Waals surface area contributed by atoms with Crippen LogP contribution in [-0.2, 0) is 4.79 Å². The molecule has 3 heterocycles. The number of carbonyl (C=O) groups is 2. The number of piperidine rings is 1. The van der Waals surface area contributed by atoms with Crippen molar-refractivity contribution in [2.75, 3.05) is 18.4 Å². The Hall–Kier alpha value is -3.14. The first-order valence-electron chi connectivity index (χ1n) is 8.54. The van der Waals surface area contributed by atoms with Crippen LogP contribution in [0.15, 0.2) is 42.2 Å². The third-order valence-electron chi connectivity index (χ3n) is 4.47. The molecule has 2 amide bonds. The van der Waals surface area contributed by atoms with Gasteiger partial charge in [0.1, 0.15) is 6.33 Å². The summed E-state index contributed by atoms with van der Waals surface area (Å²) < 4.78 is 1.52. The van der Waals surface area contributed by atoms with Crippen LogP contribution >= 0.6 is 11.3 Å². The van der Waals surface area contributed by atoms with Gasteiger partial charge in [-0.25, -0.2) is 9.67 Å². The molecule has 1 aromatic carbocycles. The molecule has 0 aliphatic carbocycles. The van der Waals surface area contributed by atoms with Crippen molar-refractivity contribution in [3.05, 3.63) is 47.7 Å². The van der Waals surface area contributed by atoms with E-state index in [1.807, 2.05) is 5.38 Å². The molecule has 1 atom stereocenters. The van der Waals surface area contributed by atoms with E-state index in [-0.39, 0.29) is 17.7 Å². The molecule has 2 aromatic heterocycles. The second-order valence-electron chi connectivity index (χ2n) is 6.22. The average molecular weight is 383 g/mol. The second kappa shape index (κ2) is 7.62. The molecule has 1 N–H and O–H groups in total. The van der Waals surface area contributed by atoms with Gasteiger partial charge >= 0.3 is 0 Å². The number of carbonyl (C=O) groups excluding carboxylic acids is 2. The van der Waals surface area contributed by atoms with E-state index >= 15 is 0 Å². The van der Waals surface area contributed by atoms with Gasteiger partial charge in [0.25, 0.3) is 5.91 Å². The largest absolute Gasteiger partial charge is 0.338 e. The first-order chi connectivity index (χ1) is 13.2. The third kappa shape index (κ3) is 3.85. The fourth-order valence-electron chi connectivity index (χ4n) is 3.09. The number of rotatable bonds is 4. The fourth-order valence-corrected chi connectivity index (χ4v) is 3.62. The van der Waals surface area contributed by atoms with Gasteiger partial charge in [-0.1, -0.05) is 0 Å². The highest BCUT2D eigenvalue weighted by Crippen LogP contribution is 2.21. The highest BCUT2D eigenvalue weighted by atomic mass is 32.1. The lowest BCUT2D eigenvalue weighted by Gasteiger charge is -2.32. The minimum atomic E-state index is -0.230. The number of tetrazole rings is 1. The SMILES string of the molecule is O=C(Nc1nccs1)C1CCCN(C(=O)c2ccc(-n3cnnn3)cc2)C1. The maximum absolute atomic E-state index is 12.8. The molecule has 1 aliphatic rings. The zero-order valence-corrected chi connectivity index (χ0v) is 15.2. The first kappa shape index (κ1) is 17.3. The molecule has 27 heavy (non-hydrogen) atoms. The molecule has 1 saturated heterocycles. The van der Waals surface area contributed by atoms with Crippen LogP contribution in [0.1, 0.15) is 23.2 Å². The summed E-state index contributed by atoms with van der Waals surface area (Å²) in [6.07, 6.45) is 4.70. The van der Waals surface area contributed by atoms with E-state index in [1.165, 1.54) is 22.3 Å². The Labute approximate surface area is 159 Å². The van der Waals surface area contributed by atoms with Crippen LogP contribution in [0.4, 0.5) is 5.13 Å². The van der Waals surface area contributed by atoms with E-state index in [0.29, 0.717) is 23.8 Å². The van der Waals surface area contributed by atoms with Crippen molar-refractivity contribution in [2.24, 2.45) is 5.92 Å². The monoisotopic (exact) mass is 383 g/mol. The van der Waals surface area contributed by atoms with Crippen molar-refractivity contribution in [3.63, 3.8) is 0 Å². The lowest BCUT2D eigenvalue weighted by atomic mass is 9.96. The number of benzene rings is 1. The molecule has 138 valence electrons. The molecular formula is C17H17N7O2S. The number of hydrogen-bond acceptors (Lipinski definition) is 7. The normalized spacial score (nSPS) is 16.9. The molecule has 4 rings (SSSR count). The summed E-state index contributed by atoms with van der Waals surface area (Å²) in [6, 6.07) is 7.08. The van der Waals surface area contributed by atoms with Crippen LogP contribution in [0.5, 0.6) is 0 Å². The molecule has 1 fully saturated rings. The molecule has 3 aromatic rings. The van der Waals surface area contributed by atoms with E-state index < -0.39 is 0 Å². The van der Waals surface area contributed by atoms with Gasteiger partial charge in [0, 0.05) is 30.2 Å². The van der Waals surface area contributed by atoms with Crippen molar-refractivity contribution in [3.8, 4) is 5.69 Å². The molecule has 10 heteroatoms. The van der Waals surface area contributed by atoms with Crippen molar-refractivity contribution < 1.29 is 9.59 Å².